The van der Waals surface area contributed by atoms with Crippen molar-refractivity contribution in [1.82, 2.24) is 19.3 Å². The van der Waals surface area contributed by atoms with E-state index in [1.54, 1.807) is 10.9 Å². The first-order chi connectivity index (χ1) is 15.6. The smallest absolute Gasteiger partial charge is 0.320 e. The molecule has 0 spiro atoms. The highest BCUT2D eigenvalue weighted by Crippen LogP contribution is 2.49. The lowest BCUT2D eigenvalue weighted by atomic mass is 9.92. The Morgan fingerprint density at radius 2 is 1.94 bits per heavy atom. The molecule has 2 fully saturated rings. The molecule has 3 aromatic rings. The molecular weight excluding hydrogens is 455 g/mol. The van der Waals surface area contributed by atoms with Gasteiger partial charge in [0.2, 0.25) is 10.0 Å². The van der Waals surface area contributed by atoms with Crippen LogP contribution in [0, 0.1) is 18.3 Å². The number of aromatic nitrogens is 3. The summed E-state index contributed by atoms with van der Waals surface area (Å²) in [4.78, 5) is 8.43. The Morgan fingerprint density at radius 3 is 2.45 bits per heavy atom. The number of hydrogen-bond acceptors (Lipinski definition) is 5. The summed E-state index contributed by atoms with van der Waals surface area (Å²) < 4.78 is 68.6. The van der Waals surface area contributed by atoms with Gasteiger partial charge in [0.05, 0.1) is 17.0 Å². The third-order valence-corrected chi connectivity index (χ3v) is 7.96. The number of nitrogens with zero attached hydrogens (tertiary/aromatic N) is 4. The van der Waals surface area contributed by atoms with Crippen molar-refractivity contribution < 1.29 is 21.6 Å². The van der Waals surface area contributed by atoms with E-state index in [0.29, 0.717) is 28.0 Å². The zero-order valence-electron chi connectivity index (χ0n) is 17.6. The topological polar surface area (TPSA) is 101 Å². The number of sulfonamides is 1. The predicted octanol–water partition coefficient (Wildman–Crippen LogP) is 4.38. The number of hydrogen-bond donors (Lipinski definition) is 1. The molecule has 0 atom stereocenters. The van der Waals surface area contributed by atoms with Crippen molar-refractivity contribution in [3.05, 3.63) is 41.7 Å². The van der Waals surface area contributed by atoms with Crippen LogP contribution < -0.4 is 4.72 Å². The van der Waals surface area contributed by atoms with Crippen LogP contribution in [-0.4, -0.2) is 34.7 Å². The van der Waals surface area contributed by atoms with Crippen LogP contribution >= 0.6 is 0 Å². The average Bonchev–Trinajstić information content (AvgIpc) is 3.43. The van der Waals surface area contributed by atoms with Crippen LogP contribution in [0.4, 0.5) is 13.2 Å². The van der Waals surface area contributed by atoms with Crippen molar-refractivity contribution in [3.63, 3.8) is 0 Å². The van der Waals surface area contributed by atoms with Crippen LogP contribution in [0.1, 0.15) is 49.3 Å². The monoisotopic (exact) mass is 475 g/mol. The van der Waals surface area contributed by atoms with Crippen molar-refractivity contribution in [3.8, 4) is 17.5 Å². The fourth-order valence-corrected chi connectivity index (χ4v) is 5.61. The Labute approximate surface area is 188 Å². The molecule has 1 N–H and O–H groups in total. The second-order valence-electron chi connectivity index (χ2n) is 8.74. The van der Waals surface area contributed by atoms with Crippen LogP contribution in [0.3, 0.4) is 0 Å². The molecule has 5 rings (SSSR count). The fraction of sp³-hybridized carbons (Fsp3) is 0.409. The zero-order chi connectivity index (χ0) is 23.6. The molecule has 172 valence electrons. The van der Waals surface area contributed by atoms with Crippen LogP contribution in [0.5, 0.6) is 0 Å². The normalized spacial score (nSPS) is 18.2. The Bertz CT molecular complexity index is 1400. The maximum atomic E-state index is 13.2. The molecule has 2 aliphatic rings. The molecule has 0 bridgehead atoms. The number of fused-ring (bicyclic) bond motifs is 1. The van der Waals surface area contributed by atoms with Crippen LogP contribution in [0.25, 0.3) is 22.4 Å². The van der Waals surface area contributed by atoms with Gasteiger partial charge in [0, 0.05) is 23.8 Å². The summed E-state index contributed by atoms with van der Waals surface area (Å²) in [7, 11) is -4.42. The number of nitriles is 1. The second kappa shape index (κ2) is 7.27. The van der Waals surface area contributed by atoms with Crippen LogP contribution in [0.15, 0.2) is 35.5 Å². The Balaban J connectivity index is 1.58. The van der Waals surface area contributed by atoms with Gasteiger partial charge < -0.3 is 4.57 Å². The Kier molecular flexibility index (Phi) is 4.81. The molecule has 0 radical (unpaired) electrons. The first-order valence-electron chi connectivity index (χ1n) is 10.5. The summed E-state index contributed by atoms with van der Waals surface area (Å²) in [6.07, 6.45) is 0.415. The number of alkyl halides is 3. The molecule has 7 nitrogen and oxygen atoms in total. The maximum Gasteiger partial charge on any atom is 0.407 e. The minimum atomic E-state index is -4.66. The fourth-order valence-electron chi connectivity index (χ4n) is 4.22. The minimum Gasteiger partial charge on any atom is -0.320 e. The van der Waals surface area contributed by atoms with Crippen molar-refractivity contribution in [2.45, 2.75) is 61.7 Å². The molecule has 0 saturated heterocycles. The highest BCUT2D eigenvalue weighted by Gasteiger charge is 2.65. The van der Waals surface area contributed by atoms with Gasteiger partial charge in [-0.15, -0.1) is 0 Å². The van der Waals surface area contributed by atoms with Crippen molar-refractivity contribution in [2.24, 2.45) is 0 Å². The van der Waals surface area contributed by atoms with E-state index in [4.69, 9.17) is 0 Å². The van der Waals surface area contributed by atoms with E-state index in [0.717, 1.165) is 31.0 Å². The number of nitrogens with one attached hydrogen (secondary N) is 1. The summed E-state index contributed by atoms with van der Waals surface area (Å²) in [5.74, 6) is 0. The molecule has 11 heteroatoms. The lowest BCUT2D eigenvalue weighted by molar-refractivity contribution is -0.160. The first kappa shape index (κ1) is 21.9. The number of aryl methyl sites for hydroxylation is 1. The maximum absolute atomic E-state index is 13.2. The summed E-state index contributed by atoms with van der Waals surface area (Å²) in [5.41, 5.74) is 0.460. The van der Waals surface area contributed by atoms with Gasteiger partial charge in [-0.3, -0.25) is 4.98 Å². The van der Waals surface area contributed by atoms with Gasteiger partial charge in [-0.1, -0.05) is 0 Å². The van der Waals surface area contributed by atoms with E-state index in [-0.39, 0.29) is 23.8 Å². The molecule has 0 unspecified atom stereocenters. The number of pyridine rings is 2. The third kappa shape index (κ3) is 3.48. The minimum absolute atomic E-state index is 0.146. The molecule has 2 saturated carbocycles. The molecular formula is C22H20F3N5O2S. The van der Waals surface area contributed by atoms with Crippen LogP contribution in [-0.2, 0) is 10.0 Å². The summed E-state index contributed by atoms with van der Waals surface area (Å²) in [5, 5.41) is 10.6. The van der Waals surface area contributed by atoms with Crippen LogP contribution in [0.2, 0.25) is 0 Å². The van der Waals surface area contributed by atoms with Gasteiger partial charge in [-0.25, -0.2) is 13.4 Å². The van der Waals surface area contributed by atoms with Crippen molar-refractivity contribution in [2.75, 3.05) is 0 Å². The van der Waals surface area contributed by atoms with E-state index in [9.17, 15) is 26.9 Å². The summed E-state index contributed by atoms with van der Waals surface area (Å²) in [6.45, 7) is 1.88. The van der Waals surface area contributed by atoms with Gasteiger partial charge in [-0.05, 0) is 62.8 Å². The zero-order valence-corrected chi connectivity index (χ0v) is 18.5. The summed E-state index contributed by atoms with van der Waals surface area (Å²) >= 11 is 0. The number of halogens is 3. The summed E-state index contributed by atoms with van der Waals surface area (Å²) in [6, 6.07) is 6.91. The molecule has 0 amide bonds. The van der Waals surface area contributed by atoms with Crippen molar-refractivity contribution in [1.29, 1.82) is 5.26 Å². The molecule has 0 aromatic carbocycles. The van der Waals surface area contributed by atoms with Crippen molar-refractivity contribution >= 4 is 21.1 Å². The lowest BCUT2D eigenvalue weighted by Gasteiger charge is -2.29. The van der Waals surface area contributed by atoms with E-state index >= 15 is 0 Å². The first-order valence-corrected chi connectivity index (χ1v) is 12.0. The van der Waals surface area contributed by atoms with Gasteiger partial charge in [0.15, 0.2) is 0 Å². The highest BCUT2D eigenvalue weighted by atomic mass is 32.2. The van der Waals surface area contributed by atoms with E-state index in [2.05, 4.69) is 16.0 Å². The third-order valence-electron chi connectivity index (χ3n) is 6.44. The Hall–Kier alpha value is -2.97. The second-order valence-corrected chi connectivity index (χ2v) is 10.4. The molecule has 3 heterocycles. The Morgan fingerprint density at radius 1 is 1.21 bits per heavy atom. The van der Waals surface area contributed by atoms with E-state index in [1.165, 1.54) is 12.1 Å². The quantitative estimate of drug-likeness (QED) is 0.590. The van der Waals surface area contributed by atoms with E-state index < -0.39 is 21.7 Å². The highest BCUT2D eigenvalue weighted by molar-refractivity contribution is 7.89. The average molecular weight is 475 g/mol. The molecule has 2 aliphatic carbocycles. The SMILES string of the molecule is Cc1cnc2c(c1)c(C#N)c(-c1ccc(S(=O)(=O)NC3(C(F)(F)F)CC3)cn1)n2C1CCC1. The van der Waals surface area contributed by atoms with Gasteiger partial charge in [-0.2, -0.15) is 23.2 Å². The van der Waals surface area contributed by atoms with Gasteiger partial charge in [0.1, 0.15) is 22.2 Å². The van der Waals surface area contributed by atoms with E-state index in [1.807, 2.05) is 17.6 Å². The number of rotatable bonds is 5. The van der Waals surface area contributed by atoms with Gasteiger partial charge >= 0.3 is 6.18 Å². The molecule has 0 aliphatic heterocycles. The lowest BCUT2D eigenvalue weighted by Crippen LogP contribution is -2.47. The standard InChI is InChI=1S/C22H20F3N5O2S/c1-13-9-16-17(10-26)19(30(14-3-2-4-14)20(16)28-11-13)18-6-5-15(12-27-18)33(31,32)29-21(7-8-21)22(23,24)25/h5-6,9,11-12,14,29H,2-4,7-8H2,1H3. The molecule has 33 heavy (non-hydrogen) atoms. The largest absolute Gasteiger partial charge is 0.407 e. The van der Waals surface area contributed by atoms with Gasteiger partial charge in [0.25, 0.3) is 0 Å². The molecule has 3 aromatic heterocycles. The predicted molar refractivity (Wildman–Crippen MR) is 114 cm³/mol.